The Bertz CT molecular complexity index is 1330. The van der Waals surface area contributed by atoms with Crippen LogP contribution in [0.1, 0.15) is 0 Å². The molecule has 4 aromatic carbocycles. The van der Waals surface area contributed by atoms with Gasteiger partial charge < -0.3 is 0 Å². The molecule has 0 saturated carbocycles. The third-order valence-corrected chi connectivity index (χ3v) is 7.25. The number of rotatable bonds is 2. The molecule has 2 nitrogen and oxygen atoms in total. The van der Waals surface area contributed by atoms with Gasteiger partial charge in [-0.15, -0.1) is 22.7 Å². The van der Waals surface area contributed by atoms with Crippen molar-refractivity contribution in [3.05, 3.63) is 84.9 Å². The van der Waals surface area contributed by atoms with Crippen molar-refractivity contribution in [2.45, 2.75) is 0 Å². The fourth-order valence-electron chi connectivity index (χ4n) is 3.58. The van der Waals surface area contributed by atoms with E-state index in [2.05, 4.69) is 72.8 Å². The highest BCUT2D eigenvalue weighted by Crippen LogP contribution is 2.40. The van der Waals surface area contributed by atoms with Gasteiger partial charge in [-0.1, -0.05) is 72.8 Å². The lowest BCUT2D eigenvalue weighted by Crippen LogP contribution is -1.76. The van der Waals surface area contributed by atoms with Crippen LogP contribution >= 0.6 is 22.7 Å². The molecule has 0 unspecified atom stereocenters. The standard InChI is InChI=1S/C24H14N2S2/c1-3-7-15(8-4-1)23-25-19-13-11-18-17(21(19)27-23)12-14-20-22(18)28-24(26-20)16-9-5-2-6-10-16/h1-14H. The summed E-state index contributed by atoms with van der Waals surface area (Å²) in [6, 6.07) is 29.5. The Morgan fingerprint density at radius 3 is 1.32 bits per heavy atom. The van der Waals surface area contributed by atoms with E-state index in [1.54, 1.807) is 22.7 Å². The Morgan fingerprint density at radius 2 is 0.893 bits per heavy atom. The first-order chi connectivity index (χ1) is 13.9. The Kier molecular flexibility index (Phi) is 3.54. The molecule has 2 aromatic heterocycles. The molecule has 0 N–H and O–H groups in total. The molecule has 6 aromatic rings. The van der Waals surface area contributed by atoms with E-state index >= 15 is 0 Å². The monoisotopic (exact) mass is 394 g/mol. The molecule has 132 valence electrons. The molecule has 0 spiro atoms. The van der Waals surface area contributed by atoms with Gasteiger partial charge in [-0.05, 0) is 12.1 Å². The molecule has 0 bridgehead atoms. The summed E-state index contributed by atoms with van der Waals surface area (Å²) in [6.45, 7) is 0. The first kappa shape index (κ1) is 15.9. The van der Waals surface area contributed by atoms with Gasteiger partial charge in [0, 0.05) is 21.9 Å². The number of hydrogen-bond acceptors (Lipinski definition) is 4. The molecule has 0 aliphatic rings. The van der Waals surface area contributed by atoms with Crippen LogP contribution in [0.4, 0.5) is 0 Å². The Morgan fingerprint density at radius 1 is 0.464 bits per heavy atom. The first-order valence-corrected chi connectivity index (χ1v) is 10.7. The minimum atomic E-state index is 1.06. The van der Waals surface area contributed by atoms with Crippen molar-refractivity contribution in [3.63, 3.8) is 0 Å². The van der Waals surface area contributed by atoms with Gasteiger partial charge in [0.25, 0.3) is 0 Å². The molecular formula is C24H14N2S2. The molecule has 6 rings (SSSR count). The predicted octanol–water partition coefficient (Wildman–Crippen LogP) is 7.39. The largest absolute Gasteiger partial charge is 0.236 e. The third-order valence-electron chi connectivity index (χ3n) is 4.94. The molecule has 0 atom stereocenters. The maximum Gasteiger partial charge on any atom is 0.124 e. The number of nitrogens with zero attached hydrogens (tertiary/aromatic N) is 2. The maximum atomic E-state index is 4.87. The summed E-state index contributed by atoms with van der Waals surface area (Å²) in [7, 11) is 0. The highest BCUT2D eigenvalue weighted by Gasteiger charge is 2.13. The summed E-state index contributed by atoms with van der Waals surface area (Å²) in [6.07, 6.45) is 0. The molecule has 0 amide bonds. The predicted molar refractivity (Wildman–Crippen MR) is 121 cm³/mol. The average molecular weight is 395 g/mol. The summed E-state index contributed by atoms with van der Waals surface area (Å²) in [5.74, 6) is 0. The Hall–Kier alpha value is -3.08. The molecule has 0 fully saturated rings. The normalized spacial score (nSPS) is 11.6. The van der Waals surface area contributed by atoms with Crippen molar-refractivity contribution in [1.82, 2.24) is 9.97 Å². The van der Waals surface area contributed by atoms with E-state index in [1.807, 2.05) is 12.1 Å². The lowest BCUT2D eigenvalue weighted by atomic mass is 10.1. The van der Waals surface area contributed by atoms with Gasteiger partial charge in [0.05, 0.1) is 20.4 Å². The lowest BCUT2D eigenvalue weighted by Gasteiger charge is -1.99. The van der Waals surface area contributed by atoms with Gasteiger partial charge >= 0.3 is 0 Å². The van der Waals surface area contributed by atoms with E-state index in [4.69, 9.17) is 9.97 Å². The fourth-order valence-corrected chi connectivity index (χ4v) is 5.78. The van der Waals surface area contributed by atoms with Crippen LogP contribution in [0, 0.1) is 0 Å². The molecule has 0 aliphatic heterocycles. The lowest BCUT2D eigenvalue weighted by molar-refractivity contribution is 1.48. The van der Waals surface area contributed by atoms with Crippen molar-refractivity contribution >= 4 is 53.9 Å². The topological polar surface area (TPSA) is 25.8 Å². The molecule has 0 radical (unpaired) electrons. The van der Waals surface area contributed by atoms with Gasteiger partial charge in [0.15, 0.2) is 0 Å². The van der Waals surface area contributed by atoms with Crippen LogP contribution in [0.15, 0.2) is 84.9 Å². The van der Waals surface area contributed by atoms with Gasteiger partial charge in [-0.3, -0.25) is 0 Å². The van der Waals surface area contributed by atoms with Crippen LogP contribution in [0.2, 0.25) is 0 Å². The van der Waals surface area contributed by atoms with Gasteiger partial charge in [0.1, 0.15) is 10.0 Å². The molecular weight excluding hydrogens is 380 g/mol. The first-order valence-electron chi connectivity index (χ1n) is 9.10. The summed E-state index contributed by atoms with van der Waals surface area (Å²) in [5, 5.41) is 4.65. The molecule has 4 heteroatoms. The van der Waals surface area contributed by atoms with E-state index in [-0.39, 0.29) is 0 Å². The van der Waals surface area contributed by atoms with Crippen molar-refractivity contribution in [3.8, 4) is 21.1 Å². The summed E-state index contributed by atoms with van der Waals surface area (Å²) >= 11 is 3.53. The van der Waals surface area contributed by atoms with E-state index in [0.717, 1.165) is 21.0 Å². The van der Waals surface area contributed by atoms with Crippen molar-refractivity contribution in [1.29, 1.82) is 0 Å². The number of thiazole rings is 2. The molecule has 0 saturated heterocycles. The van der Waals surface area contributed by atoms with Gasteiger partial charge in [-0.25, -0.2) is 9.97 Å². The van der Waals surface area contributed by atoms with E-state index in [1.165, 1.54) is 31.3 Å². The Balaban J connectivity index is 1.59. The summed E-state index contributed by atoms with van der Waals surface area (Å²) < 4.78 is 2.49. The molecule has 28 heavy (non-hydrogen) atoms. The van der Waals surface area contributed by atoms with Crippen molar-refractivity contribution in [2.24, 2.45) is 0 Å². The minimum absolute atomic E-state index is 1.06. The quantitative estimate of drug-likeness (QED) is 0.306. The zero-order valence-corrected chi connectivity index (χ0v) is 16.4. The second-order valence-corrected chi connectivity index (χ2v) is 8.69. The highest BCUT2D eigenvalue weighted by molar-refractivity contribution is 7.23. The van der Waals surface area contributed by atoms with Crippen LogP contribution in [0.3, 0.4) is 0 Å². The second-order valence-electron chi connectivity index (χ2n) is 6.69. The fraction of sp³-hybridized carbons (Fsp3) is 0. The van der Waals surface area contributed by atoms with Crippen molar-refractivity contribution in [2.75, 3.05) is 0 Å². The van der Waals surface area contributed by atoms with Crippen LogP contribution in [-0.4, -0.2) is 9.97 Å². The number of benzene rings is 4. The third kappa shape index (κ3) is 2.46. The minimum Gasteiger partial charge on any atom is -0.236 e. The summed E-state index contributed by atoms with van der Waals surface area (Å²) in [4.78, 5) is 9.74. The average Bonchev–Trinajstić information content (AvgIpc) is 3.39. The van der Waals surface area contributed by atoms with Crippen molar-refractivity contribution < 1.29 is 0 Å². The highest BCUT2D eigenvalue weighted by atomic mass is 32.1. The Labute approximate surface area is 169 Å². The van der Waals surface area contributed by atoms with E-state index in [0.29, 0.717) is 0 Å². The van der Waals surface area contributed by atoms with E-state index < -0.39 is 0 Å². The number of fused-ring (bicyclic) bond motifs is 5. The zero-order chi connectivity index (χ0) is 18.5. The van der Waals surface area contributed by atoms with Crippen LogP contribution in [-0.2, 0) is 0 Å². The van der Waals surface area contributed by atoms with Gasteiger partial charge in [-0.2, -0.15) is 0 Å². The number of aromatic nitrogens is 2. The van der Waals surface area contributed by atoms with E-state index in [9.17, 15) is 0 Å². The molecule has 2 heterocycles. The zero-order valence-electron chi connectivity index (χ0n) is 14.8. The SMILES string of the molecule is c1ccc(-c2nc3ccc4c(ccc5nc(-c6ccccc6)sc54)c3s2)cc1. The van der Waals surface area contributed by atoms with Crippen LogP contribution in [0.5, 0.6) is 0 Å². The number of hydrogen-bond donors (Lipinski definition) is 0. The van der Waals surface area contributed by atoms with Crippen LogP contribution < -0.4 is 0 Å². The summed E-state index contributed by atoms with van der Waals surface area (Å²) in [5.41, 5.74) is 4.45. The smallest absolute Gasteiger partial charge is 0.124 e. The maximum absolute atomic E-state index is 4.87. The molecule has 0 aliphatic carbocycles. The second kappa shape index (κ2) is 6.23. The van der Waals surface area contributed by atoms with Crippen LogP contribution in [0.25, 0.3) is 52.3 Å². The van der Waals surface area contributed by atoms with Gasteiger partial charge in [0.2, 0.25) is 0 Å².